The quantitative estimate of drug-likeness (QED) is 0.220. The third kappa shape index (κ3) is 7.37. The molecular formula is C26H37ClN4O2S2Si. The van der Waals surface area contributed by atoms with Gasteiger partial charge in [0.25, 0.3) is 0 Å². The van der Waals surface area contributed by atoms with Crippen LogP contribution < -0.4 is 4.72 Å². The normalized spacial score (nSPS) is 13.7. The number of nitrogens with zero attached hydrogens (tertiary/aromatic N) is 3. The van der Waals surface area contributed by atoms with Gasteiger partial charge in [0.05, 0.1) is 24.5 Å². The number of aromatic nitrogens is 3. The maximum absolute atomic E-state index is 12.7. The van der Waals surface area contributed by atoms with Crippen molar-refractivity contribution in [2.24, 2.45) is 0 Å². The maximum atomic E-state index is 12.7. The molecule has 1 N–H and O–H groups in total. The van der Waals surface area contributed by atoms with Crippen molar-refractivity contribution in [2.45, 2.75) is 87.5 Å². The van der Waals surface area contributed by atoms with Crippen molar-refractivity contribution in [1.82, 2.24) is 19.3 Å². The van der Waals surface area contributed by atoms with Gasteiger partial charge in [-0.15, -0.1) is 4.72 Å². The molecule has 0 fully saturated rings. The van der Waals surface area contributed by atoms with Crippen molar-refractivity contribution in [3.8, 4) is 5.69 Å². The van der Waals surface area contributed by atoms with Crippen LogP contribution in [-0.4, -0.2) is 32.2 Å². The van der Waals surface area contributed by atoms with E-state index in [0.29, 0.717) is 18.2 Å². The Morgan fingerprint density at radius 1 is 1.14 bits per heavy atom. The van der Waals surface area contributed by atoms with Gasteiger partial charge in [0.1, 0.15) is 9.77 Å². The summed E-state index contributed by atoms with van der Waals surface area (Å²) in [6.07, 6.45) is 7.13. The Morgan fingerprint density at radius 3 is 2.47 bits per heavy atom. The molecule has 36 heavy (non-hydrogen) atoms. The molecule has 3 aromatic rings. The Kier molecular flexibility index (Phi) is 9.41. The first-order valence-corrected chi connectivity index (χ1v) is 17.2. The third-order valence-electron chi connectivity index (χ3n) is 6.30. The van der Waals surface area contributed by atoms with E-state index in [-0.39, 0.29) is 9.79 Å². The van der Waals surface area contributed by atoms with E-state index in [0.717, 1.165) is 26.7 Å². The first-order valence-electron chi connectivity index (χ1n) is 11.9. The second kappa shape index (κ2) is 11.6. The molecule has 0 saturated heterocycles. The Hall–Kier alpha value is -1.33. The molecule has 196 valence electrons. The zero-order valence-corrected chi connectivity index (χ0v) is 25.8. The van der Waals surface area contributed by atoms with Gasteiger partial charge in [0.2, 0.25) is 0 Å². The van der Waals surface area contributed by atoms with E-state index in [9.17, 15) is 4.55 Å². The number of pyridine rings is 1. The molecule has 10 heteroatoms. The summed E-state index contributed by atoms with van der Waals surface area (Å²) in [5.41, 5.74) is 2.86. The van der Waals surface area contributed by atoms with E-state index in [1.807, 2.05) is 43.7 Å². The van der Waals surface area contributed by atoms with Gasteiger partial charge < -0.3 is 13.5 Å². The lowest BCUT2D eigenvalue weighted by Gasteiger charge is -2.36. The number of rotatable bonds is 9. The molecule has 0 aliphatic carbocycles. The summed E-state index contributed by atoms with van der Waals surface area (Å²) in [4.78, 5) is 9.70. The number of hydrogen-bond acceptors (Lipinski definition) is 6. The van der Waals surface area contributed by atoms with E-state index in [1.54, 1.807) is 18.7 Å². The van der Waals surface area contributed by atoms with E-state index in [4.69, 9.17) is 16.0 Å². The van der Waals surface area contributed by atoms with Crippen molar-refractivity contribution in [3.63, 3.8) is 0 Å². The van der Waals surface area contributed by atoms with Crippen molar-refractivity contribution in [3.05, 3.63) is 65.3 Å². The van der Waals surface area contributed by atoms with E-state index in [1.165, 1.54) is 11.8 Å². The highest BCUT2D eigenvalue weighted by molar-refractivity contribution is 7.99. The molecule has 1 unspecified atom stereocenters. The first-order chi connectivity index (χ1) is 16.7. The van der Waals surface area contributed by atoms with Gasteiger partial charge in [-0.2, -0.15) is 0 Å². The van der Waals surface area contributed by atoms with Crippen LogP contribution in [0.4, 0.5) is 0 Å². The summed E-state index contributed by atoms with van der Waals surface area (Å²) in [5, 5.41) is 1.58. The zero-order valence-electron chi connectivity index (χ0n) is 22.4. The molecule has 2 aromatic heterocycles. The van der Waals surface area contributed by atoms with Crippen LogP contribution in [-0.2, 0) is 28.9 Å². The standard InChI is InChI=1S/C26H37ClN4O2S2Si/c1-25(2,3)35(32)30-16-20-14-21(31-13-12-28-18-31)15-22(27)23(20)34-24-19(10-9-11-29-24)17-33-36(7,8)26(4,5)6/h9-15,18,30H,16-17H2,1-8H3. The fourth-order valence-corrected chi connectivity index (χ4v) is 6.00. The van der Waals surface area contributed by atoms with Crippen LogP contribution in [0, 0.1) is 0 Å². The lowest BCUT2D eigenvalue weighted by Crippen LogP contribution is -2.40. The summed E-state index contributed by atoms with van der Waals surface area (Å²) in [5.74, 6) is 0. The monoisotopic (exact) mass is 564 g/mol. The van der Waals surface area contributed by atoms with Crippen LogP contribution in [0.2, 0.25) is 23.2 Å². The van der Waals surface area contributed by atoms with Gasteiger partial charge in [-0.3, -0.25) is 0 Å². The Morgan fingerprint density at radius 2 is 1.86 bits per heavy atom. The van der Waals surface area contributed by atoms with Crippen molar-refractivity contribution < 1.29 is 8.98 Å². The molecule has 0 amide bonds. The molecule has 2 heterocycles. The lowest BCUT2D eigenvalue weighted by molar-refractivity contribution is 0.273. The van der Waals surface area contributed by atoms with Crippen molar-refractivity contribution >= 4 is 43.0 Å². The molecule has 0 aliphatic heterocycles. The highest BCUT2D eigenvalue weighted by Crippen LogP contribution is 2.40. The number of nitrogens with one attached hydrogen (secondary N) is 1. The number of hydrogen-bond donors (Lipinski definition) is 1. The molecule has 0 bridgehead atoms. The molecule has 6 nitrogen and oxygen atoms in total. The minimum absolute atomic E-state index is 0.122. The molecule has 0 radical (unpaired) electrons. The first kappa shape index (κ1) is 29.2. The molecule has 1 atom stereocenters. The Balaban J connectivity index is 1.94. The van der Waals surface area contributed by atoms with Gasteiger partial charge in [-0.25, -0.2) is 9.97 Å². The lowest BCUT2D eigenvalue weighted by atomic mass is 10.2. The maximum Gasteiger partial charge on any atom is 0.192 e. The highest BCUT2D eigenvalue weighted by Gasteiger charge is 2.37. The zero-order chi connectivity index (χ0) is 26.7. The summed E-state index contributed by atoms with van der Waals surface area (Å²) in [6, 6.07) is 7.97. The van der Waals surface area contributed by atoms with Gasteiger partial charge in [-0.05, 0) is 62.7 Å². The van der Waals surface area contributed by atoms with Crippen LogP contribution in [0.3, 0.4) is 0 Å². The van der Waals surface area contributed by atoms with Crippen molar-refractivity contribution in [2.75, 3.05) is 0 Å². The molecule has 0 aliphatic rings. The number of halogens is 1. The minimum Gasteiger partial charge on any atom is -0.598 e. The smallest absolute Gasteiger partial charge is 0.192 e. The average molecular weight is 565 g/mol. The predicted octanol–water partition coefficient (Wildman–Crippen LogP) is 7.15. The van der Waals surface area contributed by atoms with Crippen LogP contribution in [0.1, 0.15) is 52.7 Å². The van der Waals surface area contributed by atoms with Gasteiger partial charge >= 0.3 is 0 Å². The van der Waals surface area contributed by atoms with Gasteiger partial charge in [0, 0.05) is 46.1 Å². The number of imidazole rings is 1. The SMILES string of the molecule is CC(C)(C)[S+]([O-])NCc1cc(-n2ccnc2)cc(Cl)c1Sc1ncccc1CO[Si](C)(C)C(C)(C)C. The Labute approximate surface area is 229 Å². The summed E-state index contributed by atoms with van der Waals surface area (Å²) in [7, 11) is -1.92. The average Bonchev–Trinajstić information content (AvgIpc) is 3.32. The third-order valence-corrected chi connectivity index (χ3v) is 14.0. The van der Waals surface area contributed by atoms with Crippen LogP contribution in [0.15, 0.2) is 59.1 Å². The topological polar surface area (TPSA) is 75.0 Å². The highest BCUT2D eigenvalue weighted by atomic mass is 35.5. The Bertz CT molecular complexity index is 1160. The van der Waals surface area contributed by atoms with E-state index >= 15 is 0 Å². The van der Waals surface area contributed by atoms with Gasteiger partial charge in [0.15, 0.2) is 8.32 Å². The predicted molar refractivity (Wildman–Crippen MR) is 154 cm³/mol. The van der Waals surface area contributed by atoms with E-state index in [2.05, 4.69) is 60.7 Å². The fraction of sp³-hybridized carbons (Fsp3) is 0.462. The molecule has 0 spiro atoms. The summed E-state index contributed by atoms with van der Waals surface area (Å²) < 4.78 is 23.9. The second-order valence-corrected chi connectivity index (χ2v) is 19.5. The fourth-order valence-electron chi connectivity index (χ4n) is 3.00. The summed E-state index contributed by atoms with van der Waals surface area (Å²) in [6.45, 7) is 18.0. The number of benzene rings is 1. The molecule has 3 rings (SSSR count). The van der Waals surface area contributed by atoms with Gasteiger partial charge in [-0.1, -0.05) is 50.2 Å². The molecule has 1 aromatic carbocycles. The van der Waals surface area contributed by atoms with E-state index < -0.39 is 19.7 Å². The van der Waals surface area contributed by atoms with Crippen LogP contribution in [0.5, 0.6) is 0 Å². The van der Waals surface area contributed by atoms with Crippen LogP contribution in [0.25, 0.3) is 5.69 Å². The van der Waals surface area contributed by atoms with Crippen molar-refractivity contribution in [1.29, 1.82) is 0 Å². The van der Waals surface area contributed by atoms with Crippen LogP contribution >= 0.6 is 23.4 Å². The minimum atomic E-state index is -1.92. The molecular weight excluding hydrogens is 528 g/mol. The second-order valence-electron chi connectivity index (χ2n) is 11.2. The largest absolute Gasteiger partial charge is 0.598 e. The molecule has 0 saturated carbocycles. The summed E-state index contributed by atoms with van der Waals surface area (Å²) >= 11 is 7.16.